The van der Waals surface area contributed by atoms with E-state index >= 15 is 0 Å². The first kappa shape index (κ1) is 13.8. The molecule has 0 atom stereocenters. The lowest BCUT2D eigenvalue weighted by Gasteiger charge is -2.30. The van der Waals surface area contributed by atoms with Crippen molar-refractivity contribution in [2.24, 2.45) is 0 Å². The third-order valence-electron chi connectivity index (χ3n) is 3.57. The van der Waals surface area contributed by atoms with Gasteiger partial charge in [-0.2, -0.15) is 5.26 Å². The van der Waals surface area contributed by atoms with Gasteiger partial charge in [0.15, 0.2) is 0 Å². The molecule has 1 aliphatic carbocycles. The number of urea groups is 1. The van der Waals surface area contributed by atoms with Gasteiger partial charge in [0.25, 0.3) is 0 Å². The van der Waals surface area contributed by atoms with Crippen molar-refractivity contribution in [2.45, 2.75) is 57.9 Å². The van der Waals surface area contributed by atoms with Crippen LogP contribution >= 0.6 is 0 Å². The molecule has 0 radical (unpaired) electrons. The molecule has 17 heavy (non-hydrogen) atoms. The highest BCUT2D eigenvalue weighted by Gasteiger charge is 2.33. The van der Waals surface area contributed by atoms with E-state index in [0.717, 1.165) is 25.7 Å². The van der Waals surface area contributed by atoms with Gasteiger partial charge in [-0.3, -0.25) is 0 Å². The predicted octanol–water partition coefficient (Wildman–Crippen LogP) is 2.65. The second kappa shape index (κ2) is 6.48. The van der Waals surface area contributed by atoms with E-state index in [1.165, 1.54) is 12.8 Å². The van der Waals surface area contributed by atoms with Crippen molar-refractivity contribution in [3.63, 3.8) is 0 Å². The number of carbonyl (C=O) groups is 1. The first-order valence-corrected chi connectivity index (χ1v) is 6.66. The Labute approximate surface area is 104 Å². The van der Waals surface area contributed by atoms with Crippen molar-refractivity contribution in [3.8, 4) is 6.07 Å². The van der Waals surface area contributed by atoms with E-state index in [2.05, 4.69) is 11.4 Å². The van der Waals surface area contributed by atoms with Crippen LogP contribution in [-0.4, -0.2) is 29.6 Å². The van der Waals surface area contributed by atoms with Gasteiger partial charge in [0.05, 0.1) is 6.07 Å². The Kier molecular flexibility index (Phi) is 5.27. The Bertz CT molecular complexity index is 284. The zero-order chi connectivity index (χ0) is 12.7. The summed E-state index contributed by atoms with van der Waals surface area (Å²) in [4.78, 5) is 13.7. The van der Waals surface area contributed by atoms with Gasteiger partial charge in [-0.1, -0.05) is 25.7 Å². The average Bonchev–Trinajstić information content (AvgIpc) is 2.57. The molecule has 4 heteroatoms. The lowest BCUT2D eigenvalue weighted by molar-refractivity contribution is 0.191. The summed E-state index contributed by atoms with van der Waals surface area (Å²) in [5.74, 6) is 0. The number of rotatable bonds is 3. The largest absolute Gasteiger partial charge is 0.325 e. The summed E-state index contributed by atoms with van der Waals surface area (Å²) in [6.45, 7) is 5.28. The smallest absolute Gasteiger partial charge is 0.318 e. The van der Waals surface area contributed by atoms with Gasteiger partial charge < -0.3 is 10.2 Å². The molecule has 1 N–H and O–H groups in total. The summed E-state index contributed by atoms with van der Waals surface area (Å²) < 4.78 is 0. The molecule has 0 heterocycles. The molecular formula is C13H23N3O. The van der Waals surface area contributed by atoms with Crippen LogP contribution in [-0.2, 0) is 0 Å². The highest BCUT2D eigenvalue weighted by Crippen LogP contribution is 2.26. The van der Waals surface area contributed by atoms with Crippen LogP contribution in [0.4, 0.5) is 4.79 Å². The van der Waals surface area contributed by atoms with Gasteiger partial charge in [-0.25, -0.2) is 4.79 Å². The summed E-state index contributed by atoms with van der Waals surface area (Å²) in [6.07, 6.45) is 5.99. The van der Waals surface area contributed by atoms with Gasteiger partial charge >= 0.3 is 6.03 Å². The van der Waals surface area contributed by atoms with E-state index in [-0.39, 0.29) is 6.03 Å². The third kappa shape index (κ3) is 3.62. The van der Waals surface area contributed by atoms with Crippen LogP contribution in [0.2, 0.25) is 0 Å². The Balaban J connectivity index is 2.67. The van der Waals surface area contributed by atoms with E-state index in [1.54, 1.807) is 4.90 Å². The molecule has 1 saturated carbocycles. The maximum absolute atomic E-state index is 12.0. The molecule has 0 aliphatic heterocycles. The number of nitrogens with one attached hydrogen (secondary N) is 1. The summed E-state index contributed by atoms with van der Waals surface area (Å²) in [5, 5.41) is 12.3. The number of nitriles is 1. The van der Waals surface area contributed by atoms with Crippen molar-refractivity contribution >= 4 is 6.03 Å². The SMILES string of the molecule is CCN(CC)C(=O)NC1(C#N)CCCCCC1. The molecular weight excluding hydrogens is 214 g/mol. The third-order valence-corrected chi connectivity index (χ3v) is 3.57. The Morgan fingerprint density at radius 1 is 1.24 bits per heavy atom. The van der Waals surface area contributed by atoms with E-state index in [9.17, 15) is 10.1 Å². The van der Waals surface area contributed by atoms with Gasteiger partial charge in [-0.15, -0.1) is 0 Å². The van der Waals surface area contributed by atoms with Crippen LogP contribution in [0.3, 0.4) is 0 Å². The van der Waals surface area contributed by atoms with Gasteiger partial charge in [-0.05, 0) is 26.7 Å². The van der Waals surface area contributed by atoms with Crippen LogP contribution in [0, 0.1) is 11.3 Å². The molecule has 0 aromatic rings. The lowest BCUT2D eigenvalue weighted by Crippen LogP contribution is -2.52. The standard InChI is InChI=1S/C13H23N3O/c1-3-16(4-2)12(17)15-13(11-14)9-7-5-6-8-10-13/h3-10H2,1-2H3,(H,15,17). The maximum Gasteiger partial charge on any atom is 0.318 e. The minimum absolute atomic E-state index is 0.0987. The quantitative estimate of drug-likeness (QED) is 0.767. The van der Waals surface area contributed by atoms with Crippen molar-refractivity contribution in [1.82, 2.24) is 10.2 Å². The summed E-state index contributed by atoms with van der Waals surface area (Å²) in [5.41, 5.74) is -0.629. The molecule has 0 aromatic heterocycles. The van der Waals surface area contributed by atoms with E-state index < -0.39 is 5.54 Å². The van der Waals surface area contributed by atoms with Crippen LogP contribution in [0.15, 0.2) is 0 Å². The molecule has 0 aromatic carbocycles. The van der Waals surface area contributed by atoms with Crippen molar-refractivity contribution in [3.05, 3.63) is 0 Å². The highest BCUT2D eigenvalue weighted by molar-refractivity contribution is 5.75. The van der Waals surface area contributed by atoms with E-state index in [4.69, 9.17) is 0 Å². The zero-order valence-corrected chi connectivity index (χ0v) is 11.0. The minimum atomic E-state index is -0.629. The topological polar surface area (TPSA) is 56.1 Å². The Morgan fingerprint density at radius 3 is 2.18 bits per heavy atom. The lowest BCUT2D eigenvalue weighted by atomic mass is 9.92. The molecule has 0 spiro atoms. The monoisotopic (exact) mass is 237 g/mol. The van der Waals surface area contributed by atoms with Crippen LogP contribution in [0.1, 0.15) is 52.4 Å². The average molecular weight is 237 g/mol. The number of hydrogen-bond acceptors (Lipinski definition) is 2. The number of carbonyl (C=O) groups excluding carboxylic acids is 1. The first-order valence-electron chi connectivity index (χ1n) is 6.66. The minimum Gasteiger partial charge on any atom is -0.325 e. The highest BCUT2D eigenvalue weighted by atomic mass is 16.2. The van der Waals surface area contributed by atoms with Gasteiger partial charge in [0, 0.05) is 13.1 Å². The first-order chi connectivity index (χ1) is 8.17. The fourth-order valence-corrected chi connectivity index (χ4v) is 2.39. The summed E-state index contributed by atoms with van der Waals surface area (Å²) >= 11 is 0. The molecule has 96 valence electrons. The van der Waals surface area contributed by atoms with Crippen LogP contribution in [0.25, 0.3) is 0 Å². The summed E-state index contributed by atoms with van der Waals surface area (Å²) in [6, 6.07) is 2.23. The molecule has 0 saturated heterocycles. The summed E-state index contributed by atoms with van der Waals surface area (Å²) in [7, 11) is 0. The van der Waals surface area contributed by atoms with Crippen molar-refractivity contribution < 1.29 is 4.79 Å². The normalized spacial score (nSPS) is 18.9. The second-order valence-electron chi connectivity index (χ2n) is 4.71. The second-order valence-corrected chi connectivity index (χ2v) is 4.71. The molecule has 1 rings (SSSR count). The number of amides is 2. The van der Waals surface area contributed by atoms with Gasteiger partial charge in [0.2, 0.25) is 0 Å². The van der Waals surface area contributed by atoms with Crippen molar-refractivity contribution in [2.75, 3.05) is 13.1 Å². The van der Waals surface area contributed by atoms with Crippen molar-refractivity contribution in [1.29, 1.82) is 5.26 Å². The Morgan fingerprint density at radius 2 is 1.76 bits per heavy atom. The maximum atomic E-state index is 12.0. The van der Waals surface area contributed by atoms with Crippen LogP contribution in [0.5, 0.6) is 0 Å². The molecule has 1 fully saturated rings. The molecule has 1 aliphatic rings. The van der Waals surface area contributed by atoms with Crippen LogP contribution < -0.4 is 5.32 Å². The number of nitrogens with zero attached hydrogens (tertiary/aromatic N) is 2. The van der Waals surface area contributed by atoms with E-state index in [1.807, 2.05) is 13.8 Å². The van der Waals surface area contributed by atoms with E-state index in [0.29, 0.717) is 13.1 Å². The molecule has 4 nitrogen and oxygen atoms in total. The fraction of sp³-hybridized carbons (Fsp3) is 0.846. The number of hydrogen-bond donors (Lipinski definition) is 1. The molecule has 2 amide bonds. The Hall–Kier alpha value is -1.24. The van der Waals surface area contributed by atoms with Gasteiger partial charge in [0.1, 0.15) is 5.54 Å². The molecule has 0 unspecified atom stereocenters. The molecule has 0 bridgehead atoms. The zero-order valence-electron chi connectivity index (χ0n) is 11.0. The fourth-order valence-electron chi connectivity index (χ4n) is 2.39. The predicted molar refractivity (Wildman–Crippen MR) is 67.5 cm³/mol.